The summed E-state index contributed by atoms with van der Waals surface area (Å²) < 4.78 is 0. The summed E-state index contributed by atoms with van der Waals surface area (Å²) in [4.78, 5) is 35.8. The molecular formula is C22H18N6O5. The second-order valence-electron chi connectivity index (χ2n) is 6.71. The lowest BCUT2D eigenvalue weighted by Gasteiger charge is -2.14. The number of carbonyl (C=O) groups excluding carboxylic acids is 2. The molecule has 5 N–H and O–H groups in total. The lowest BCUT2D eigenvalue weighted by molar-refractivity contribution is -0.114. The number of hydrogen-bond donors (Lipinski definition) is 5. The average Bonchev–Trinajstić information content (AvgIpc) is 2.79. The van der Waals surface area contributed by atoms with E-state index in [1.54, 1.807) is 12.1 Å². The molecule has 0 unspecified atom stereocenters. The van der Waals surface area contributed by atoms with Crippen LogP contribution in [0, 0.1) is 16.7 Å². The Morgan fingerprint density at radius 1 is 1.09 bits per heavy atom. The molecule has 0 saturated heterocycles. The SMILES string of the molecule is CC(=O)Nc1cc(O)c(C(=N)C(=O)Nc2ccc(C#N)cc2C(=O)O)cc1-c1cccnn1.[HH]. The maximum Gasteiger partial charge on any atom is 0.337 e. The smallest absolute Gasteiger partial charge is 0.337 e. The number of aromatic hydroxyl groups is 1. The van der Waals surface area contributed by atoms with Crippen LogP contribution in [0.4, 0.5) is 11.4 Å². The summed E-state index contributed by atoms with van der Waals surface area (Å²) in [5.41, 5.74) is -0.428. The van der Waals surface area contributed by atoms with E-state index in [4.69, 9.17) is 10.7 Å². The molecule has 3 aromatic rings. The lowest BCUT2D eigenvalue weighted by Crippen LogP contribution is -2.24. The normalized spacial score (nSPS) is 10.1. The molecule has 1 heterocycles. The number of phenols is 1. The Kier molecular flexibility index (Phi) is 6.40. The molecule has 11 heteroatoms. The van der Waals surface area contributed by atoms with E-state index in [-0.39, 0.29) is 29.5 Å². The highest BCUT2D eigenvalue weighted by Gasteiger charge is 2.22. The number of aromatic carboxylic acids is 1. The first-order chi connectivity index (χ1) is 15.7. The van der Waals surface area contributed by atoms with E-state index in [1.807, 2.05) is 6.07 Å². The van der Waals surface area contributed by atoms with Gasteiger partial charge in [0.1, 0.15) is 11.5 Å². The Balaban J connectivity index is 0.00000408. The first kappa shape index (κ1) is 22.6. The molecular weight excluding hydrogens is 428 g/mol. The van der Waals surface area contributed by atoms with Gasteiger partial charge >= 0.3 is 5.97 Å². The van der Waals surface area contributed by atoms with Gasteiger partial charge in [-0.05, 0) is 36.4 Å². The molecule has 166 valence electrons. The van der Waals surface area contributed by atoms with Crippen LogP contribution in [0.2, 0.25) is 0 Å². The van der Waals surface area contributed by atoms with E-state index in [1.165, 1.54) is 37.4 Å². The van der Waals surface area contributed by atoms with Crippen molar-refractivity contribution in [2.45, 2.75) is 6.92 Å². The summed E-state index contributed by atoms with van der Waals surface area (Å²) in [5, 5.41) is 49.6. The fraction of sp³-hybridized carbons (Fsp3) is 0.0455. The zero-order valence-electron chi connectivity index (χ0n) is 17.1. The van der Waals surface area contributed by atoms with Crippen molar-refractivity contribution < 1.29 is 26.0 Å². The van der Waals surface area contributed by atoms with Gasteiger partial charge in [-0.1, -0.05) is 0 Å². The molecule has 0 aliphatic heterocycles. The highest BCUT2D eigenvalue weighted by molar-refractivity contribution is 6.48. The van der Waals surface area contributed by atoms with E-state index in [2.05, 4.69) is 20.8 Å². The molecule has 0 spiro atoms. The minimum atomic E-state index is -1.37. The summed E-state index contributed by atoms with van der Waals surface area (Å²) in [5.74, 6) is -3.26. The van der Waals surface area contributed by atoms with E-state index in [0.717, 1.165) is 6.07 Å². The Labute approximate surface area is 188 Å². The van der Waals surface area contributed by atoms with Gasteiger partial charge in [-0.3, -0.25) is 15.0 Å². The van der Waals surface area contributed by atoms with Crippen LogP contribution in [0.15, 0.2) is 48.7 Å². The number of benzene rings is 2. The molecule has 0 atom stereocenters. The molecule has 0 aliphatic rings. The average molecular weight is 446 g/mol. The summed E-state index contributed by atoms with van der Waals surface area (Å²) in [6.45, 7) is 1.28. The van der Waals surface area contributed by atoms with Crippen LogP contribution in [-0.4, -0.2) is 43.9 Å². The maximum atomic E-state index is 12.7. The molecule has 0 fully saturated rings. The fourth-order valence-electron chi connectivity index (χ4n) is 2.95. The minimum Gasteiger partial charge on any atom is -0.507 e. The van der Waals surface area contributed by atoms with Crippen molar-refractivity contribution in [3.05, 3.63) is 65.4 Å². The zero-order chi connectivity index (χ0) is 24.1. The van der Waals surface area contributed by atoms with Crippen LogP contribution in [0.3, 0.4) is 0 Å². The number of nitrogens with zero attached hydrogens (tertiary/aromatic N) is 3. The number of carboxylic acids is 1. The van der Waals surface area contributed by atoms with Gasteiger partial charge in [0.25, 0.3) is 5.91 Å². The number of carbonyl (C=O) groups is 3. The standard InChI is InChI=1S/C22H16N6O5.H2/c1-11(29)26-18-9-19(30)15(8-13(18)17-3-2-6-25-28-17)20(24)21(31)27-16-5-4-12(10-23)7-14(16)22(32)33;/h2-9,24,30H,1H3,(H,26,29)(H,27,31)(H,32,33);1H. The van der Waals surface area contributed by atoms with E-state index < -0.39 is 29.2 Å². The van der Waals surface area contributed by atoms with Gasteiger partial charge in [0, 0.05) is 31.7 Å². The molecule has 2 aromatic carbocycles. The van der Waals surface area contributed by atoms with Crippen LogP contribution < -0.4 is 10.6 Å². The van der Waals surface area contributed by atoms with Crippen molar-refractivity contribution in [1.29, 1.82) is 10.7 Å². The maximum absolute atomic E-state index is 12.7. The van der Waals surface area contributed by atoms with Crippen molar-refractivity contribution in [2.75, 3.05) is 10.6 Å². The van der Waals surface area contributed by atoms with Gasteiger partial charge < -0.3 is 20.8 Å². The number of amides is 2. The number of rotatable bonds is 6. The number of phenolic OH excluding ortho intramolecular Hbond substituents is 1. The van der Waals surface area contributed by atoms with Gasteiger partial charge in [-0.2, -0.15) is 15.5 Å². The minimum absolute atomic E-state index is 0. The van der Waals surface area contributed by atoms with Gasteiger partial charge in [-0.25, -0.2) is 4.79 Å². The second-order valence-corrected chi connectivity index (χ2v) is 6.71. The predicted molar refractivity (Wildman–Crippen MR) is 119 cm³/mol. The van der Waals surface area contributed by atoms with Crippen molar-refractivity contribution in [3.8, 4) is 23.1 Å². The van der Waals surface area contributed by atoms with Crippen LogP contribution >= 0.6 is 0 Å². The Hall–Kier alpha value is -5.11. The Bertz CT molecular complexity index is 1340. The third-order valence-electron chi connectivity index (χ3n) is 4.42. The molecule has 0 saturated carbocycles. The first-order valence-corrected chi connectivity index (χ1v) is 9.31. The molecule has 0 bridgehead atoms. The third-order valence-corrected chi connectivity index (χ3v) is 4.42. The van der Waals surface area contributed by atoms with Crippen LogP contribution in [0.5, 0.6) is 5.75 Å². The summed E-state index contributed by atoms with van der Waals surface area (Å²) in [6, 6.07) is 11.1. The van der Waals surface area contributed by atoms with Crippen molar-refractivity contribution in [3.63, 3.8) is 0 Å². The Morgan fingerprint density at radius 3 is 2.45 bits per heavy atom. The van der Waals surface area contributed by atoms with E-state index >= 15 is 0 Å². The summed E-state index contributed by atoms with van der Waals surface area (Å²) in [6.07, 6.45) is 1.44. The number of carboxylic acid groups (broad SMARTS) is 1. The van der Waals surface area contributed by atoms with Crippen LogP contribution in [0.1, 0.15) is 29.8 Å². The largest absolute Gasteiger partial charge is 0.507 e. The van der Waals surface area contributed by atoms with E-state index in [0.29, 0.717) is 11.3 Å². The molecule has 1 aromatic heterocycles. The molecule has 2 amide bonds. The predicted octanol–water partition coefficient (Wildman–Crippen LogP) is 2.63. The number of nitriles is 1. The fourth-order valence-corrected chi connectivity index (χ4v) is 2.95. The number of nitrogens with one attached hydrogen (secondary N) is 3. The van der Waals surface area contributed by atoms with Crippen LogP contribution in [-0.2, 0) is 9.59 Å². The zero-order valence-corrected chi connectivity index (χ0v) is 17.1. The van der Waals surface area contributed by atoms with Crippen molar-refractivity contribution in [2.24, 2.45) is 0 Å². The molecule has 0 radical (unpaired) electrons. The van der Waals surface area contributed by atoms with Gasteiger partial charge in [-0.15, -0.1) is 0 Å². The van der Waals surface area contributed by atoms with E-state index in [9.17, 15) is 24.6 Å². The first-order valence-electron chi connectivity index (χ1n) is 9.31. The quantitative estimate of drug-likeness (QED) is 0.357. The Morgan fingerprint density at radius 2 is 1.85 bits per heavy atom. The molecule has 3 rings (SSSR count). The monoisotopic (exact) mass is 446 g/mol. The van der Waals surface area contributed by atoms with Gasteiger partial charge in [0.05, 0.1) is 34.3 Å². The highest BCUT2D eigenvalue weighted by Crippen LogP contribution is 2.33. The topological polar surface area (TPSA) is 189 Å². The van der Waals surface area contributed by atoms with Crippen LogP contribution in [0.25, 0.3) is 11.3 Å². The van der Waals surface area contributed by atoms with Gasteiger partial charge in [0.2, 0.25) is 5.91 Å². The lowest BCUT2D eigenvalue weighted by atomic mass is 10.00. The van der Waals surface area contributed by atoms with Crippen molar-refractivity contribution >= 4 is 34.9 Å². The molecule has 11 nitrogen and oxygen atoms in total. The summed E-state index contributed by atoms with van der Waals surface area (Å²) >= 11 is 0. The summed E-state index contributed by atoms with van der Waals surface area (Å²) in [7, 11) is 0. The van der Waals surface area contributed by atoms with Gasteiger partial charge in [0.15, 0.2) is 0 Å². The molecule has 33 heavy (non-hydrogen) atoms. The number of aromatic nitrogens is 2. The number of hydrogen-bond acceptors (Lipinski definition) is 8. The van der Waals surface area contributed by atoms with Crippen molar-refractivity contribution in [1.82, 2.24) is 10.2 Å². The second kappa shape index (κ2) is 9.36. The molecule has 0 aliphatic carbocycles. The third kappa shape index (κ3) is 4.97. The number of anilines is 2. The highest BCUT2D eigenvalue weighted by atomic mass is 16.4.